The van der Waals surface area contributed by atoms with Crippen molar-refractivity contribution in [2.45, 2.75) is 26.3 Å². The van der Waals surface area contributed by atoms with Crippen molar-refractivity contribution in [2.75, 3.05) is 70.6 Å². The number of anilines is 1. The lowest BCUT2D eigenvalue weighted by molar-refractivity contribution is -0.138. The molecule has 2 fully saturated rings. The molecule has 3 amide bonds. The molecule has 2 aromatic carbocycles. The molecular weight excluding hydrogens is 777 g/mol. The molecule has 2 saturated heterocycles. The fraction of sp³-hybridized carbons (Fsp3) is 0.432. The first-order chi connectivity index (χ1) is 26.7. The van der Waals surface area contributed by atoms with E-state index in [4.69, 9.17) is 16.3 Å². The van der Waals surface area contributed by atoms with Gasteiger partial charge in [0.15, 0.2) is 17.5 Å². The van der Waals surface area contributed by atoms with Crippen molar-refractivity contribution in [2.24, 2.45) is 13.0 Å². The number of ether oxygens (including phenoxy) is 1. The average molecular weight is 819 g/mol. The first-order valence-electron chi connectivity index (χ1n) is 18.0. The van der Waals surface area contributed by atoms with E-state index in [1.807, 2.05) is 4.90 Å². The number of hydrogen-bond donors (Lipinski definition) is 1. The number of imidazole rings is 1. The highest BCUT2D eigenvalue weighted by molar-refractivity contribution is 7.86. The van der Waals surface area contributed by atoms with Gasteiger partial charge in [-0.05, 0) is 57.1 Å². The minimum atomic E-state index is -4.54. The number of benzene rings is 2. The quantitative estimate of drug-likeness (QED) is 0.206. The maximum Gasteiger partial charge on any atom is 0.303 e. The van der Waals surface area contributed by atoms with E-state index in [-0.39, 0.29) is 63.2 Å². The number of nitrogens with zero attached hydrogens (tertiary/aromatic N) is 7. The molecule has 4 heterocycles. The van der Waals surface area contributed by atoms with E-state index >= 15 is 8.78 Å². The third kappa shape index (κ3) is 8.93. The van der Waals surface area contributed by atoms with Gasteiger partial charge in [0.25, 0.3) is 11.8 Å². The number of rotatable bonds is 12. The number of nitrogens with one attached hydrogen (secondary N) is 1. The zero-order chi connectivity index (χ0) is 40.3. The Hall–Kier alpha value is -4.78. The number of amides is 3. The standard InChI is InChI=1S/C37H42ClF3N8O6S/c1-23-29(21-43-49(23)16-18-55-3)26-6-7-28(33(40)32(26)39)31-22-42-34(45(31)2)35(50)44-25-4-5-27(30(38)20-25)37(52)48-14-12-47(13-15-48)36(51)24-8-10-46(11-9-24)17-19-56(41,53)54/h4-7,20-22,24H,8-19H2,1-3H3,(H,44,50). The highest BCUT2D eigenvalue weighted by atomic mass is 35.5. The summed E-state index contributed by atoms with van der Waals surface area (Å²) < 4.78 is 73.6. The summed E-state index contributed by atoms with van der Waals surface area (Å²) in [6.07, 6.45) is 3.84. The fourth-order valence-electron chi connectivity index (χ4n) is 7.09. The first-order valence-corrected chi connectivity index (χ1v) is 19.9. The lowest BCUT2D eigenvalue weighted by atomic mass is 9.95. The molecule has 0 unspecified atom stereocenters. The lowest BCUT2D eigenvalue weighted by Crippen LogP contribution is -2.53. The highest BCUT2D eigenvalue weighted by Crippen LogP contribution is 2.33. The zero-order valence-corrected chi connectivity index (χ0v) is 32.7. The van der Waals surface area contributed by atoms with Crippen LogP contribution in [-0.4, -0.2) is 125 Å². The molecule has 4 aromatic rings. The van der Waals surface area contributed by atoms with Crippen LogP contribution in [0.5, 0.6) is 0 Å². The molecule has 56 heavy (non-hydrogen) atoms. The van der Waals surface area contributed by atoms with E-state index in [0.717, 1.165) is 0 Å². The molecule has 2 aliphatic heterocycles. The van der Waals surface area contributed by atoms with Gasteiger partial charge >= 0.3 is 10.2 Å². The van der Waals surface area contributed by atoms with Gasteiger partial charge in [0.05, 0.1) is 47.6 Å². The Morgan fingerprint density at radius 1 is 0.929 bits per heavy atom. The van der Waals surface area contributed by atoms with Gasteiger partial charge in [0.2, 0.25) is 5.91 Å². The highest BCUT2D eigenvalue weighted by Gasteiger charge is 2.32. The average Bonchev–Trinajstić information content (AvgIpc) is 3.74. The van der Waals surface area contributed by atoms with E-state index in [1.54, 1.807) is 28.5 Å². The molecule has 300 valence electrons. The Kier molecular flexibility index (Phi) is 12.5. The van der Waals surface area contributed by atoms with Gasteiger partial charge in [-0.1, -0.05) is 17.7 Å². The van der Waals surface area contributed by atoms with Crippen molar-refractivity contribution < 1.29 is 40.2 Å². The summed E-state index contributed by atoms with van der Waals surface area (Å²) in [6.45, 7) is 4.98. The molecule has 1 N–H and O–H groups in total. The van der Waals surface area contributed by atoms with Gasteiger partial charge in [0, 0.05) is 80.9 Å². The molecule has 2 aromatic heterocycles. The smallest absolute Gasteiger partial charge is 0.303 e. The Morgan fingerprint density at radius 2 is 1.59 bits per heavy atom. The third-order valence-corrected chi connectivity index (χ3v) is 11.4. The number of carbonyl (C=O) groups excluding carboxylic acids is 3. The normalized spacial score (nSPS) is 15.7. The molecule has 0 spiro atoms. The van der Waals surface area contributed by atoms with E-state index in [9.17, 15) is 26.7 Å². The Labute approximate surface area is 327 Å². The van der Waals surface area contributed by atoms with Crippen LogP contribution in [0.1, 0.15) is 39.5 Å². The summed E-state index contributed by atoms with van der Waals surface area (Å²) in [7, 11) is -1.48. The van der Waals surface area contributed by atoms with E-state index in [1.165, 1.54) is 54.3 Å². The van der Waals surface area contributed by atoms with E-state index < -0.39 is 33.5 Å². The van der Waals surface area contributed by atoms with Crippen molar-refractivity contribution >= 4 is 45.2 Å². The Balaban J connectivity index is 1.04. The van der Waals surface area contributed by atoms with Crippen LogP contribution in [0.2, 0.25) is 5.02 Å². The molecule has 0 aliphatic carbocycles. The van der Waals surface area contributed by atoms with Gasteiger partial charge in [-0.25, -0.2) is 13.8 Å². The van der Waals surface area contributed by atoms with Gasteiger partial charge in [-0.15, -0.1) is 3.89 Å². The predicted octanol–water partition coefficient (Wildman–Crippen LogP) is 4.39. The van der Waals surface area contributed by atoms with Crippen LogP contribution in [0.3, 0.4) is 0 Å². The number of carbonyl (C=O) groups is 3. The summed E-state index contributed by atoms with van der Waals surface area (Å²) in [5, 5.41) is 7.04. The molecule has 0 bridgehead atoms. The van der Waals surface area contributed by atoms with Crippen LogP contribution < -0.4 is 5.32 Å². The van der Waals surface area contributed by atoms with Crippen molar-refractivity contribution in [1.82, 2.24) is 34.0 Å². The summed E-state index contributed by atoms with van der Waals surface area (Å²) in [5.74, 6) is -4.04. The number of likely N-dealkylation sites (tertiary alicyclic amines) is 1. The SMILES string of the molecule is COCCn1ncc(-c2ccc(-c3cnc(C(=O)Nc4ccc(C(=O)N5CCN(C(=O)C6CCN(CCS(=O)(=O)F)CC6)CC5)c(Cl)c4)n3C)c(F)c2F)c1C. The van der Waals surface area contributed by atoms with Crippen molar-refractivity contribution in [3.05, 3.63) is 76.5 Å². The predicted molar refractivity (Wildman–Crippen MR) is 202 cm³/mol. The van der Waals surface area contributed by atoms with Crippen LogP contribution in [0.25, 0.3) is 22.4 Å². The van der Waals surface area contributed by atoms with Crippen LogP contribution in [0, 0.1) is 24.5 Å². The Bertz CT molecular complexity index is 2230. The summed E-state index contributed by atoms with van der Waals surface area (Å²) in [4.78, 5) is 49.2. The summed E-state index contributed by atoms with van der Waals surface area (Å²) in [5.41, 5.74) is 1.71. The second-order valence-electron chi connectivity index (χ2n) is 13.8. The van der Waals surface area contributed by atoms with Crippen molar-refractivity contribution in [3.8, 4) is 22.4 Å². The number of piperazine rings is 1. The second-order valence-corrected chi connectivity index (χ2v) is 15.7. The molecule has 2 aliphatic rings. The number of hydrogen-bond acceptors (Lipinski definition) is 9. The van der Waals surface area contributed by atoms with E-state index in [2.05, 4.69) is 15.4 Å². The van der Waals surface area contributed by atoms with Crippen molar-refractivity contribution in [1.29, 1.82) is 0 Å². The number of halogens is 4. The summed E-state index contributed by atoms with van der Waals surface area (Å²) >= 11 is 6.52. The maximum atomic E-state index is 15.5. The fourth-order valence-corrected chi connectivity index (χ4v) is 7.83. The molecule has 19 heteroatoms. The molecule has 0 atom stereocenters. The second kappa shape index (κ2) is 17.2. The van der Waals surface area contributed by atoms with Gasteiger partial charge in [-0.2, -0.15) is 13.5 Å². The largest absolute Gasteiger partial charge is 0.383 e. The number of methoxy groups -OCH3 is 1. The van der Waals surface area contributed by atoms with Gasteiger partial charge < -0.3 is 29.3 Å². The zero-order valence-electron chi connectivity index (χ0n) is 31.1. The first kappa shape index (κ1) is 40.9. The monoisotopic (exact) mass is 818 g/mol. The van der Waals surface area contributed by atoms with Crippen LogP contribution in [-0.2, 0) is 33.3 Å². The minimum absolute atomic E-state index is 0.0171. The van der Waals surface area contributed by atoms with Crippen molar-refractivity contribution in [3.63, 3.8) is 0 Å². The third-order valence-electron chi connectivity index (χ3n) is 10.4. The lowest BCUT2D eigenvalue weighted by Gasteiger charge is -2.38. The number of aromatic nitrogens is 4. The minimum Gasteiger partial charge on any atom is -0.383 e. The van der Waals surface area contributed by atoms with Crippen LogP contribution in [0.15, 0.2) is 42.7 Å². The topological polar surface area (TPSA) is 152 Å². The van der Waals surface area contributed by atoms with E-state index in [0.29, 0.717) is 76.5 Å². The maximum absolute atomic E-state index is 15.5. The summed E-state index contributed by atoms with van der Waals surface area (Å²) in [6, 6.07) is 7.32. The van der Waals surface area contributed by atoms with Gasteiger partial charge in [-0.3, -0.25) is 19.1 Å². The molecule has 0 saturated carbocycles. The van der Waals surface area contributed by atoms with Crippen LogP contribution >= 0.6 is 11.6 Å². The Morgan fingerprint density at radius 3 is 2.25 bits per heavy atom. The number of piperidine rings is 1. The molecule has 6 rings (SSSR count). The van der Waals surface area contributed by atoms with Gasteiger partial charge in [0.1, 0.15) is 0 Å². The molecular formula is C37H42ClF3N8O6S. The van der Waals surface area contributed by atoms with Crippen LogP contribution in [0.4, 0.5) is 18.4 Å². The molecule has 14 nitrogen and oxygen atoms in total. The molecule has 0 radical (unpaired) electrons.